The summed E-state index contributed by atoms with van der Waals surface area (Å²) >= 11 is 6.06. The zero-order valence-corrected chi connectivity index (χ0v) is 14.3. The van der Waals surface area contributed by atoms with Gasteiger partial charge in [0.1, 0.15) is 0 Å². The summed E-state index contributed by atoms with van der Waals surface area (Å²) in [5, 5.41) is 9.42. The van der Waals surface area contributed by atoms with Gasteiger partial charge in [0, 0.05) is 34.8 Å². The molecule has 2 aliphatic rings. The minimum atomic E-state index is 0.594. The average molecular weight is 330 g/mol. The largest absolute Gasteiger partial charge is 0.316 e. The number of fused-ring (bicyclic) bond motifs is 1. The highest BCUT2D eigenvalue weighted by Gasteiger charge is 2.25. The van der Waals surface area contributed by atoms with E-state index < -0.39 is 0 Å². The molecule has 0 unspecified atom stereocenters. The topological polar surface area (TPSA) is 29.9 Å². The number of nitrogens with zero attached hydrogens (tertiary/aromatic N) is 2. The second-order valence-electron chi connectivity index (χ2n) is 6.77. The molecule has 1 saturated carbocycles. The van der Waals surface area contributed by atoms with Gasteiger partial charge in [0.15, 0.2) is 0 Å². The minimum absolute atomic E-state index is 0.594. The maximum absolute atomic E-state index is 6.06. The maximum Gasteiger partial charge on any atom is 0.0958 e. The fourth-order valence-electron chi connectivity index (χ4n) is 4.04. The molecule has 0 saturated heterocycles. The zero-order chi connectivity index (χ0) is 15.6. The Morgan fingerprint density at radius 2 is 1.74 bits per heavy atom. The van der Waals surface area contributed by atoms with Gasteiger partial charge < -0.3 is 5.32 Å². The summed E-state index contributed by atoms with van der Waals surface area (Å²) in [4.78, 5) is 0. The van der Waals surface area contributed by atoms with Crippen LogP contribution >= 0.6 is 11.6 Å². The Kier molecular flexibility index (Phi) is 4.41. The van der Waals surface area contributed by atoms with Crippen molar-refractivity contribution in [2.75, 3.05) is 13.1 Å². The Bertz CT molecular complexity index is 669. The number of aromatic nitrogens is 2. The lowest BCUT2D eigenvalue weighted by Crippen LogP contribution is -2.20. The van der Waals surface area contributed by atoms with Crippen LogP contribution in [0.4, 0.5) is 0 Å². The number of hydrogen-bond donors (Lipinski definition) is 1. The van der Waals surface area contributed by atoms with E-state index in [0.717, 1.165) is 31.0 Å². The molecule has 1 aliphatic carbocycles. The van der Waals surface area contributed by atoms with Crippen molar-refractivity contribution >= 4 is 11.6 Å². The van der Waals surface area contributed by atoms with E-state index in [1.165, 1.54) is 54.6 Å². The molecule has 3 nitrogen and oxygen atoms in total. The fourth-order valence-corrected chi connectivity index (χ4v) is 4.17. The number of rotatable bonds is 2. The Morgan fingerprint density at radius 3 is 2.52 bits per heavy atom. The number of nitrogens with one attached hydrogen (secondary N) is 1. The van der Waals surface area contributed by atoms with Gasteiger partial charge in [0.25, 0.3) is 0 Å². The van der Waals surface area contributed by atoms with Crippen LogP contribution in [0.3, 0.4) is 0 Å². The lowest BCUT2D eigenvalue weighted by Gasteiger charge is -2.24. The molecule has 0 spiro atoms. The Hall–Kier alpha value is -1.32. The summed E-state index contributed by atoms with van der Waals surface area (Å²) in [6.45, 7) is 2.11. The zero-order valence-electron chi connectivity index (χ0n) is 13.5. The van der Waals surface area contributed by atoms with E-state index in [2.05, 4.69) is 22.1 Å². The second kappa shape index (κ2) is 6.66. The summed E-state index contributed by atoms with van der Waals surface area (Å²) < 4.78 is 2.38. The van der Waals surface area contributed by atoms with E-state index in [1.54, 1.807) is 0 Å². The second-order valence-corrected chi connectivity index (χ2v) is 7.20. The lowest BCUT2D eigenvalue weighted by molar-refractivity contribution is 0.322. The van der Waals surface area contributed by atoms with Crippen molar-refractivity contribution in [3.63, 3.8) is 0 Å². The predicted molar refractivity (Wildman–Crippen MR) is 95.1 cm³/mol. The molecular formula is C19H24ClN3. The van der Waals surface area contributed by atoms with Gasteiger partial charge in [-0.05, 0) is 37.9 Å². The van der Waals surface area contributed by atoms with Gasteiger partial charge in [-0.1, -0.05) is 43.0 Å². The summed E-state index contributed by atoms with van der Waals surface area (Å²) in [5.74, 6) is 0. The van der Waals surface area contributed by atoms with E-state index in [9.17, 15) is 0 Å². The van der Waals surface area contributed by atoms with Gasteiger partial charge >= 0.3 is 0 Å². The molecule has 1 aromatic carbocycles. The first-order valence-corrected chi connectivity index (χ1v) is 9.27. The molecule has 23 heavy (non-hydrogen) atoms. The van der Waals surface area contributed by atoms with Crippen LogP contribution < -0.4 is 5.32 Å². The molecule has 2 heterocycles. The number of benzene rings is 1. The highest BCUT2D eigenvalue weighted by Crippen LogP contribution is 2.34. The van der Waals surface area contributed by atoms with E-state index in [4.69, 9.17) is 16.7 Å². The molecule has 122 valence electrons. The third kappa shape index (κ3) is 3.05. The van der Waals surface area contributed by atoms with Crippen molar-refractivity contribution in [3.05, 3.63) is 40.5 Å². The van der Waals surface area contributed by atoms with Gasteiger partial charge in [0.05, 0.1) is 11.7 Å². The van der Waals surface area contributed by atoms with Crippen molar-refractivity contribution in [2.45, 2.75) is 51.0 Å². The van der Waals surface area contributed by atoms with Crippen molar-refractivity contribution in [3.8, 4) is 11.3 Å². The van der Waals surface area contributed by atoms with Gasteiger partial charge in [0.2, 0.25) is 0 Å². The Morgan fingerprint density at radius 1 is 1.00 bits per heavy atom. The van der Waals surface area contributed by atoms with Crippen molar-refractivity contribution in [1.82, 2.24) is 15.1 Å². The summed E-state index contributed by atoms with van der Waals surface area (Å²) in [5.41, 5.74) is 5.28. The third-order valence-corrected chi connectivity index (χ3v) is 5.50. The smallest absolute Gasteiger partial charge is 0.0958 e. The van der Waals surface area contributed by atoms with Crippen LogP contribution in [-0.4, -0.2) is 22.9 Å². The SMILES string of the molecule is Clc1ccc(-c2nn(C3CCCCC3)c3c2CCNCC3)cc1. The van der Waals surface area contributed by atoms with Crippen molar-refractivity contribution in [2.24, 2.45) is 0 Å². The third-order valence-electron chi connectivity index (χ3n) is 5.25. The highest BCUT2D eigenvalue weighted by molar-refractivity contribution is 6.30. The molecule has 0 bridgehead atoms. The van der Waals surface area contributed by atoms with Crippen LogP contribution in [0.25, 0.3) is 11.3 Å². The fraction of sp³-hybridized carbons (Fsp3) is 0.526. The first-order chi connectivity index (χ1) is 11.3. The molecule has 4 rings (SSSR count). The maximum atomic E-state index is 6.06. The Labute approximate surface area is 143 Å². The van der Waals surface area contributed by atoms with E-state index in [0.29, 0.717) is 6.04 Å². The average Bonchev–Trinajstić information content (AvgIpc) is 2.78. The summed E-state index contributed by atoms with van der Waals surface area (Å²) in [6.07, 6.45) is 8.78. The molecule has 1 aromatic heterocycles. The minimum Gasteiger partial charge on any atom is -0.316 e. The van der Waals surface area contributed by atoms with Crippen LogP contribution in [0.2, 0.25) is 5.02 Å². The first-order valence-electron chi connectivity index (χ1n) is 8.90. The summed E-state index contributed by atoms with van der Waals surface area (Å²) in [7, 11) is 0. The predicted octanol–water partition coefficient (Wildman–Crippen LogP) is 4.40. The standard InChI is InChI=1S/C19H24ClN3/c20-15-8-6-14(7-9-15)19-17-10-12-21-13-11-18(17)23(22-19)16-4-2-1-3-5-16/h6-9,16,21H,1-5,10-13H2. The van der Waals surface area contributed by atoms with Crippen molar-refractivity contribution < 1.29 is 0 Å². The molecule has 2 aromatic rings. The van der Waals surface area contributed by atoms with E-state index >= 15 is 0 Å². The van der Waals surface area contributed by atoms with Gasteiger partial charge in [-0.15, -0.1) is 0 Å². The molecule has 0 radical (unpaired) electrons. The molecule has 0 atom stereocenters. The quantitative estimate of drug-likeness (QED) is 0.885. The van der Waals surface area contributed by atoms with Gasteiger partial charge in [-0.25, -0.2) is 0 Å². The molecule has 0 amide bonds. The van der Waals surface area contributed by atoms with Crippen LogP contribution in [0.1, 0.15) is 49.4 Å². The van der Waals surface area contributed by atoms with Crippen LogP contribution in [-0.2, 0) is 12.8 Å². The van der Waals surface area contributed by atoms with Crippen molar-refractivity contribution in [1.29, 1.82) is 0 Å². The highest BCUT2D eigenvalue weighted by atomic mass is 35.5. The first kappa shape index (κ1) is 15.2. The molecule has 1 aliphatic heterocycles. The van der Waals surface area contributed by atoms with Crippen LogP contribution in [0.15, 0.2) is 24.3 Å². The van der Waals surface area contributed by atoms with Crippen LogP contribution in [0, 0.1) is 0 Å². The number of halogens is 1. The molecule has 1 fully saturated rings. The van der Waals surface area contributed by atoms with Gasteiger partial charge in [-0.3, -0.25) is 4.68 Å². The Balaban J connectivity index is 1.79. The van der Waals surface area contributed by atoms with Crippen LogP contribution in [0.5, 0.6) is 0 Å². The lowest BCUT2D eigenvalue weighted by atomic mass is 9.95. The number of hydrogen-bond acceptors (Lipinski definition) is 2. The van der Waals surface area contributed by atoms with E-state index in [-0.39, 0.29) is 0 Å². The van der Waals surface area contributed by atoms with E-state index in [1.807, 2.05) is 12.1 Å². The molecular weight excluding hydrogens is 306 g/mol. The monoisotopic (exact) mass is 329 g/mol. The summed E-state index contributed by atoms with van der Waals surface area (Å²) in [6, 6.07) is 8.75. The normalized spacial score (nSPS) is 19.3. The molecule has 4 heteroatoms. The molecule has 1 N–H and O–H groups in total. The van der Waals surface area contributed by atoms with Gasteiger partial charge in [-0.2, -0.15) is 5.10 Å².